The summed E-state index contributed by atoms with van der Waals surface area (Å²) in [7, 11) is 1.58. The van der Waals surface area contributed by atoms with Crippen LogP contribution in [0.25, 0.3) is 0 Å². The van der Waals surface area contributed by atoms with Gasteiger partial charge in [0.25, 0.3) is 5.91 Å². The summed E-state index contributed by atoms with van der Waals surface area (Å²) in [5.74, 6) is 1.01. The first-order valence-corrected chi connectivity index (χ1v) is 9.86. The molecule has 0 saturated carbocycles. The molecule has 0 aliphatic heterocycles. The van der Waals surface area contributed by atoms with Crippen LogP contribution >= 0.6 is 27.5 Å². The highest BCUT2D eigenvalue weighted by Crippen LogP contribution is 2.21. The van der Waals surface area contributed by atoms with E-state index in [0.29, 0.717) is 28.7 Å². The molecule has 0 radical (unpaired) electrons. The molecular weight excluding hydrogens is 456 g/mol. The highest BCUT2D eigenvalue weighted by Gasteiger charge is 2.06. The van der Waals surface area contributed by atoms with E-state index >= 15 is 0 Å². The second-order valence-electron chi connectivity index (χ2n) is 6.02. The fourth-order valence-corrected chi connectivity index (χ4v) is 2.99. The minimum Gasteiger partial charge on any atom is -0.496 e. The van der Waals surface area contributed by atoms with Gasteiger partial charge in [-0.05, 0) is 60.2 Å². The van der Waals surface area contributed by atoms with Gasteiger partial charge in [-0.1, -0.05) is 39.7 Å². The predicted octanol–water partition coefficient (Wildman–Crippen LogP) is 5.45. The lowest BCUT2D eigenvalue weighted by molar-refractivity contribution is 0.0955. The summed E-state index contributed by atoms with van der Waals surface area (Å²) in [6.45, 7) is 0.418. The van der Waals surface area contributed by atoms with Crippen molar-refractivity contribution in [3.8, 4) is 11.5 Å². The van der Waals surface area contributed by atoms with E-state index in [1.165, 1.54) is 6.21 Å². The van der Waals surface area contributed by atoms with Gasteiger partial charge in [-0.25, -0.2) is 5.43 Å². The number of nitrogens with zero attached hydrogens (tertiary/aromatic N) is 1. The average molecular weight is 474 g/mol. The molecule has 0 aliphatic carbocycles. The Morgan fingerprint density at radius 2 is 1.83 bits per heavy atom. The van der Waals surface area contributed by atoms with E-state index in [2.05, 4.69) is 26.5 Å². The first-order chi connectivity index (χ1) is 14.0. The normalized spacial score (nSPS) is 10.7. The first kappa shape index (κ1) is 20.9. The molecule has 1 amide bonds. The molecule has 0 heterocycles. The minimum absolute atomic E-state index is 0.320. The maximum atomic E-state index is 12.3. The van der Waals surface area contributed by atoms with Crippen LogP contribution in [0.2, 0.25) is 5.02 Å². The van der Waals surface area contributed by atoms with Crippen LogP contribution in [0.4, 0.5) is 0 Å². The quantitative estimate of drug-likeness (QED) is 0.366. The van der Waals surface area contributed by atoms with Gasteiger partial charge in [-0.3, -0.25) is 4.79 Å². The molecule has 0 atom stereocenters. The van der Waals surface area contributed by atoms with Gasteiger partial charge in [0.15, 0.2) is 0 Å². The molecule has 0 bridgehead atoms. The molecule has 7 heteroatoms. The average Bonchev–Trinajstić information content (AvgIpc) is 2.74. The number of hydrogen-bond donors (Lipinski definition) is 1. The molecule has 3 aromatic rings. The molecule has 0 fully saturated rings. The molecular formula is C22H18BrClN2O3. The number of hydrogen-bond acceptors (Lipinski definition) is 4. The number of rotatable bonds is 7. The summed E-state index contributed by atoms with van der Waals surface area (Å²) in [6, 6.07) is 19.8. The third-order valence-corrected chi connectivity index (χ3v) is 4.74. The van der Waals surface area contributed by atoms with E-state index in [1.54, 1.807) is 31.4 Å². The van der Waals surface area contributed by atoms with Gasteiger partial charge >= 0.3 is 0 Å². The number of hydrazone groups is 1. The number of amides is 1. The summed E-state index contributed by atoms with van der Waals surface area (Å²) in [6.07, 6.45) is 1.53. The number of halogens is 2. The lowest BCUT2D eigenvalue weighted by atomic mass is 10.2. The van der Waals surface area contributed by atoms with Crippen molar-refractivity contribution in [2.24, 2.45) is 5.10 Å². The van der Waals surface area contributed by atoms with Crippen molar-refractivity contribution in [3.63, 3.8) is 0 Å². The van der Waals surface area contributed by atoms with Crippen LogP contribution in [0.5, 0.6) is 11.5 Å². The lowest BCUT2D eigenvalue weighted by Crippen LogP contribution is -2.17. The van der Waals surface area contributed by atoms with Crippen LogP contribution in [-0.2, 0) is 6.61 Å². The van der Waals surface area contributed by atoms with E-state index < -0.39 is 0 Å². The maximum Gasteiger partial charge on any atom is 0.271 e. The van der Waals surface area contributed by atoms with Crippen LogP contribution in [0.3, 0.4) is 0 Å². The smallest absolute Gasteiger partial charge is 0.271 e. The molecule has 0 saturated heterocycles. The van der Waals surface area contributed by atoms with Crippen molar-refractivity contribution in [2.45, 2.75) is 6.61 Å². The first-order valence-electron chi connectivity index (χ1n) is 8.69. The molecule has 3 aromatic carbocycles. The number of benzene rings is 3. The molecule has 0 aliphatic rings. The standard InChI is InChI=1S/C22H18BrClN2O3/c1-28-21-11-6-18(23)12-17(21)13-25-26-22(27)16-4-9-20(10-5-16)29-14-15-2-7-19(24)8-3-15/h2-13H,14H2,1H3,(H,26,27). The van der Waals surface area contributed by atoms with E-state index in [-0.39, 0.29) is 5.91 Å². The zero-order valence-corrected chi connectivity index (χ0v) is 17.9. The fourth-order valence-electron chi connectivity index (χ4n) is 2.48. The van der Waals surface area contributed by atoms with Gasteiger partial charge in [0.2, 0.25) is 0 Å². The molecule has 148 valence electrons. The Morgan fingerprint density at radius 3 is 2.52 bits per heavy atom. The van der Waals surface area contributed by atoms with Crippen molar-refractivity contribution in [3.05, 3.63) is 92.9 Å². The zero-order chi connectivity index (χ0) is 20.6. The summed E-state index contributed by atoms with van der Waals surface area (Å²) in [5.41, 5.74) is 4.73. The van der Waals surface area contributed by atoms with E-state index in [1.807, 2.05) is 42.5 Å². The summed E-state index contributed by atoms with van der Waals surface area (Å²) in [5, 5.41) is 4.69. The van der Waals surface area contributed by atoms with Gasteiger partial charge < -0.3 is 9.47 Å². The van der Waals surface area contributed by atoms with Crippen LogP contribution in [0, 0.1) is 0 Å². The highest BCUT2D eigenvalue weighted by molar-refractivity contribution is 9.10. The number of carbonyl (C=O) groups is 1. The van der Waals surface area contributed by atoms with E-state index in [9.17, 15) is 4.79 Å². The SMILES string of the molecule is COc1ccc(Br)cc1C=NNC(=O)c1ccc(OCc2ccc(Cl)cc2)cc1. The van der Waals surface area contributed by atoms with Gasteiger partial charge in [0.05, 0.1) is 13.3 Å². The third-order valence-electron chi connectivity index (χ3n) is 4.00. The second-order valence-corrected chi connectivity index (χ2v) is 7.38. The van der Waals surface area contributed by atoms with Crippen molar-refractivity contribution in [1.82, 2.24) is 5.43 Å². The number of methoxy groups -OCH3 is 1. The molecule has 3 rings (SSSR count). The minimum atomic E-state index is -0.320. The summed E-state index contributed by atoms with van der Waals surface area (Å²) < 4.78 is 11.9. The van der Waals surface area contributed by atoms with Gasteiger partial charge in [-0.2, -0.15) is 5.10 Å². The Balaban J connectivity index is 1.56. The van der Waals surface area contributed by atoms with E-state index in [4.69, 9.17) is 21.1 Å². The Kier molecular flexibility index (Phi) is 7.27. The van der Waals surface area contributed by atoms with Gasteiger partial charge in [0, 0.05) is 20.6 Å². The van der Waals surface area contributed by atoms with Crippen LogP contribution in [0.15, 0.2) is 76.3 Å². The Hall–Kier alpha value is -2.83. The Morgan fingerprint density at radius 1 is 1.10 bits per heavy atom. The van der Waals surface area contributed by atoms with Crippen molar-refractivity contribution < 1.29 is 14.3 Å². The number of carbonyl (C=O) groups excluding carboxylic acids is 1. The maximum absolute atomic E-state index is 12.3. The Labute approximate surface area is 182 Å². The molecule has 1 N–H and O–H groups in total. The lowest BCUT2D eigenvalue weighted by Gasteiger charge is -2.07. The topological polar surface area (TPSA) is 59.9 Å². The molecule has 0 unspecified atom stereocenters. The largest absolute Gasteiger partial charge is 0.496 e. The van der Waals surface area contributed by atoms with Gasteiger partial charge in [0.1, 0.15) is 18.1 Å². The van der Waals surface area contributed by atoms with Crippen LogP contribution < -0.4 is 14.9 Å². The van der Waals surface area contributed by atoms with Crippen molar-refractivity contribution >= 4 is 39.7 Å². The van der Waals surface area contributed by atoms with Crippen molar-refractivity contribution in [1.29, 1.82) is 0 Å². The molecule has 0 spiro atoms. The number of ether oxygens (including phenoxy) is 2. The molecule has 5 nitrogen and oxygen atoms in total. The van der Waals surface area contributed by atoms with E-state index in [0.717, 1.165) is 15.6 Å². The highest BCUT2D eigenvalue weighted by atomic mass is 79.9. The van der Waals surface area contributed by atoms with Crippen LogP contribution in [-0.4, -0.2) is 19.2 Å². The molecule has 0 aromatic heterocycles. The second kappa shape index (κ2) is 10.1. The monoisotopic (exact) mass is 472 g/mol. The molecule has 29 heavy (non-hydrogen) atoms. The third kappa shape index (κ3) is 6.07. The fraction of sp³-hybridized carbons (Fsp3) is 0.0909. The van der Waals surface area contributed by atoms with Crippen LogP contribution in [0.1, 0.15) is 21.5 Å². The van der Waals surface area contributed by atoms with Crippen molar-refractivity contribution in [2.75, 3.05) is 7.11 Å². The Bertz CT molecular complexity index is 1010. The summed E-state index contributed by atoms with van der Waals surface area (Å²) >= 11 is 9.27. The summed E-state index contributed by atoms with van der Waals surface area (Å²) in [4.78, 5) is 12.3. The zero-order valence-electron chi connectivity index (χ0n) is 15.6. The van der Waals surface area contributed by atoms with Gasteiger partial charge in [-0.15, -0.1) is 0 Å². The predicted molar refractivity (Wildman–Crippen MR) is 118 cm³/mol. The number of nitrogens with one attached hydrogen (secondary N) is 1.